The largest absolute Gasteiger partial charge is 0.375 e. The zero-order chi connectivity index (χ0) is 21.5. The Morgan fingerprint density at radius 3 is 2.87 bits per heavy atom. The van der Waals surface area contributed by atoms with Crippen LogP contribution in [0.25, 0.3) is 0 Å². The van der Waals surface area contributed by atoms with Gasteiger partial charge in [-0.15, -0.1) is 0 Å². The normalized spacial score (nSPS) is 26.2. The van der Waals surface area contributed by atoms with Crippen molar-refractivity contribution < 1.29 is 26.9 Å². The molecule has 2 heterocycles. The average Bonchev–Trinajstić information content (AvgIpc) is 3.34. The minimum absolute atomic E-state index is 0.0327. The molecule has 1 aromatic carbocycles. The molecule has 0 spiro atoms. The summed E-state index contributed by atoms with van der Waals surface area (Å²) in [5, 5.41) is 3.88. The Balaban J connectivity index is 1.60. The van der Waals surface area contributed by atoms with Crippen molar-refractivity contribution in [3.63, 3.8) is 0 Å². The molecule has 1 aliphatic heterocycles. The number of aromatic nitrogens is 2. The number of aryl methyl sites for hydroxylation is 1. The standard InChI is InChI=1S/C19H23FN4O5S/c1-12-21-18(29-22-12)19-8-14(7-13(19)9-24(11-19)17(25)10-28-2)23-30(26,27)16-6-4-3-5-15(16)20/h3-6,13-14,23H,7-11H2,1-2H3/t13?,14-,19+/m1/s1. The predicted molar refractivity (Wildman–Crippen MR) is 102 cm³/mol. The van der Waals surface area contributed by atoms with E-state index >= 15 is 0 Å². The number of carbonyl (C=O) groups excluding carboxylic acids is 1. The van der Waals surface area contributed by atoms with Gasteiger partial charge in [-0.3, -0.25) is 4.79 Å². The van der Waals surface area contributed by atoms with Gasteiger partial charge >= 0.3 is 0 Å². The van der Waals surface area contributed by atoms with Crippen LogP contribution >= 0.6 is 0 Å². The lowest BCUT2D eigenvalue weighted by Gasteiger charge is -2.25. The number of ether oxygens (including phenoxy) is 1. The molecule has 1 saturated heterocycles. The number of amides is 1. The van der Waals surface area contributed by atoms with E-state index in [0.29, 0.717) is 37.6 Å². The van der Waals surface area contributed by atoms with Crippen LogP contribution in [-0.4, -0.2) is 62.2 Å². The third-order valence-corrected chi connectivity index (χ3v) is 7.45. The molecular formula is C19H23FN4O5S. The first kappa shape index (κ1) is 20.9. The zero-order valence-corrected chi connectivity index (χ0v) is 17.5. The Morgan fingerprint density at radius 1 is 1.43 bits per heavy atom. The SMILES string of the molecule is COCC(=O)N1CC2C[C@@H](NS(=O)(=O)c3ccccc3F)C[C@]2(c2nc(C)no2)C1. The van der Waals surface area contributed by atoms with Crippen molar-refractivity contribution >= 4 is 15.9 Å². The van der Waals surface area contributed by atoms with Crippen LogP contribution in [0.2, 0.25) is 0 Å². The summed E-state index contributed by atoms with van der Waals surface area (Å²) in [4.78, 5) is 18.1. The molecule has 1 saturated carbocycles. The maximum absolute atomic E-state index is 14.0. The van der Waals surface area contributed by atoms with Gasteiger partial charge in [-0.1, -0.05) is 17.3 Å². The summed E-state index contributed by atoms with van der Waals surface area (Å²) < 4.78 is 52.6. The first-order valence-electron chi connectivity index (χ1n) is 9.59. The summed E-state index contributed by atoms with van der Waals surface area (Å²) in [5.41, 5.74) is -0.660. The third kappa shape index (κ3) is 3.61. The highest BCUT2D eigenvalue weighted by atomic mass is 32.2. The van der Waals surface area contributed by atoms with Gasteiger partial charge in [-0.25, -0.2) is 17.5 Å². The number of sulfonamides is 1. The lowest BCUT2D eigenvalue weighted by molar-refractivity contribution is -0.134. The molecular weight excluding hydrogens is 415 g/mol. The molecule has 1 aromatic heterocycles. The fraction of sp³-hybridized carbons (Fsp3) is 0.526. The van der Waals surface area contributed by atoms with Crippen molar-refractivity contribution in [1.82, 2.24) is 19.8 Å². The van der Waals surface area contributed by atoms with Crippen LogP contribution in [0, 0.1) is 18.7 Å². The molecule has 11 heteroatoms. The molecule has 0 radical (unpaired) electrons. The highest BCUT2D eigenvalue weighted by molar-refractivity contribution is 7.89. The Hall–Kier alpha value is -2.37. The molecule has 0 bridgehead atoms. The number of fused-ring (bicyclic) bond motifs is 1. The molecule has 2 fully saturated rings. The lowest BCUT2D eigenvalue weighted by atomic mass is 9.80. The molecule has 1 amide bonds. The van der Waals surface area contributed by atoms with E-state index in [0.717, 1.165) is 6.07 Å². The van der Waals surface area contributed by atoms with E-state index in [1.807, 2.05) is 0 Å². The van der Waals surface area contributed by atoms with Gasteiger partial charge in [-0.05, 0) is 37.8 Å². The number of methoxy groups -OCH3 is 1. The topological polar surface area (TPSA) is 115 Å². The summed E-state index contributed by atoms with van der Waals surface area (Å²) >= 11 is 0. The van der Waals surface area contributed by atoms with Crippen molar-refractivity contribution in [1.29, 1.82) is 0 Å². The first-order valence-corrected chi connectivity index (χ1v) is 11.1. The fourth-order valence-corrected chi connectivity index (χ4v) is 5.97. The van der Waals surface area contributed by atoms with E-state index in [1.165, 1.54) is 25.3 Å². The number of hydrogen-bond donors (Lipinski definition) is 1. The highest BCUT2D eigenvalue weighted by Gasteiger charge is 2.58. The molecule has 2 aliphatic rings. The summed E-state index contributed by atoms with van der Waals surface area (Å²) in [7, 11) is -2.58. The summed E-state index contributed by atoms with van der Waals surface area (Å²) in [5.74, 6) is -0.167. The third-order valence-electron chi connectivity index (χ3n) is 5.90. The second-order valence-corrected chi connectivity index (χ2v) is 9.58. The lowest BCUT2D eigenvalue weighted by Crippen LogP contribution is -2.40. The summed E-state index contributed by atoms with van der Waals surface area (Å²) in [6.45, 7) is 2.44. The molecule has 1 unspecified atom stereocenters. The number of nitrogens with one attached hydrogen (secondary N) is 1. The van der Waals surface area contributed by atoms with E-state index < -0.39 is 27.3 Å². The van der Waals surface area contributed by atoms with Crippen molar-refractivity contribution in [2.24, 2.45) is 5.92 Å². The minimum Gasteiger partial charge on any atom is -0.375 e. The molecule has 1 N–H and O–H groups in total. The molecule has 2 aromatic rings. The van der Waals surface area contributed by atoms with Gasteiger partial charge in [0, 0.05) is 26.2 Å². The van der Waals surface area contributed by atoms with E-state index in [1.54, 1.807) is 11.8 Å². The average molecular weight is 438 g/mol. The predicted octanol–water partition coefficient (Wildman–Crippen LogP) is 1.00. The summed E-state index contributed by atoms with van der Waals surface area (Å²) in [6.07, 6.45) is 0.829. The van der Waals surface area contributed by atoms with Gasteiger partial charge < -0.3 is 14.2 Å². The molecule has 9 nitrogen and oxygen atoms in total. The molecule has 3 atom stereocenters. The highest BCUT2D eigenvalue weighted by Crippen LogP contribution is 2.50. The Labute approximate surface area is 173 Å². The summed E-state index contributed by atoms with van der Waals surface area (Å²) in [6, 6.07) is 4.80. The Kier molecular flexibility index (Phi) is 5.37. The Morgan fingerprint density at radius 2 is 2.20 bits per heavy atom. The van der Waals surface area contributed by atoms with Gasteiger partial charge in [-0.2, -0.15) is 4.98 Å². The van der Waals surface area contributed by atoms with Gasteiger partial charge in [0.05, 0.1) is 5.41 Å². The number of likely N-dealkylation sites (tertiary alicyclic amines) is 1. The van der Waals surface area contributed by atoms with Gasteiger partial charge in [0.15, 0.2) is 5.82 Å². The van der Waals surface area contributed by atoms with Crippen LogP contribution in [0.3, 0.4) is 0 Å². The number of benzene rings is 1. The van der Waals surface area contributed by atoms with Crippen LogP contribution in [0.15, 0.2) is 33.7 Å². The maximum atomic E-state index is 14.0. The molecule has 162 valence electrons. The van der Waals surface area contributed by atoms with Crippen molar-refractivity contribution in [2.45, 2.75) is 36.1 Å². The van der Waals surface area contributed by atoms with Crippen molar-refractivity contribution in [3.8, 4) is 0 Å². The van der Waals surface area contributed by atoms with Crippen LogP contribution in [0.5, 0.6) is 0 Å². The van der Waals surface area contributed by atoms with E-state index in [9.17, 15) is 17.6 Å². The van der Waals surface area contributed by atoms with E-state index in [2.05, 4.69) is 14.9 Å². The molecule has 4 rings (SSSR count). The van der Waals surface area contributed by atoms with Crippen molar-refractivity contribution in [2.75, 3.05) is 26.8 Å². The minimum atomic E-state index is -4.04. The van der Waals surface area contributed by atoms with E-state index in [4.69, 9.17) is 9.26 Å². The smallest absolute Gasteiger partial charge is 0.248 e. The van der Waals surface area contributed by atoms with Crippen molar-refractivity contribution in [3.05, 3.63) is 41.8 Å². The number of nitrogens with zero attached hydrogens (tertiary/aromatic N) is 3. The zero-order valence-electron chi connectivity index (χ0n) is 16.7. The maximum Gasteiger partial charge on any atom is 0.248 e. The quantitative estimate of drug-likeness (QED) is 0.716. The number of hydrogen-bond acceptors (Lipinski definition) is 7. The van der Waals surface area contributed by atoms with Gasteiger partial charge in [0.1, 0.15) is 17.3 Å². The van der Waals surface area contributed by atoms with Crippen LogP contribution in [-0.2, 0) is 25.0 Å². The first-order chi connectivity index (χ1) is 14.2. The van der Waals surface area contributed by atoms with Crippen LogP contribution in [0.1, 0.15) is 24.6 Å². The van der Waals surface area contributed by atoms with Gasteiger partial charge in [0.2, 0.25) is 21.8 Å². The number of carbonyl (C=O) groups is 1. The second kappa shape index (κ2) is 7.71. The molecule has 1 aliphatic carbocycles. The van der Waals surface area contributed by atoms with Gasteiger partial charge in [0.25, 0.3) is 0 Å². The molecule has 30 heavy (non-hydrogen) atoms. The number of rotatable bonds is 6. The monoisotopic (exact) mass is 438 g/mol. The fourth-order valence-electron chi connectivity index (χ4n) is 4.64. The van der Waals surface area contributed by atoms with E-state index in [-0.39, 0.29) is 23.3 Å². The number of halogens is 1. The van der Waals surface area contributed by atoms with Crippen LogP contribution < -0.4 is 4.72 Å². The Bertz CT molecular complexity index is 1060. The van der Waals surface area contributed by atoms with Crippen LogP contribution in [0.4, 0.5) is 4.39 Å². The second-order valence-electron chi connectivity index (χ2n) is 7.90.